The zero-order chi connectivity index (χ0) is 26.4. The lowest BCUT2D eigenvalue weighted by Gasteiger charge is -2.42. The molecule has 1 aromatic carbocycles. The molecule has 0 radical (unpaired) electrons. The Kier molecular flexibility index (Phi) is 6.05. The first-order valence-corrected chi connectivity index (χ1v) is 13.1. The second-order valence-corrected chi connectivity index (χ2v) is 10.9. The summed E-state index contributed by atoms with van der Waals surface area (Å²) >= 11 is 6.90. The highest BCUT2D eigenvalue weighted by Gasteiger charge is 2.44. The number of anilines is 3. The molecule has 12 heteroatoms. The number of hydrogen-bond acceptors (Lipinski definition) is 9. The number of piperidine rings is 1. The van der Waals surface area contributed by atoms with Gasteiger partial charge in [-0.3, -0.25) is 4.79 Å². The average Bonchev–Trinajstić information content (AvgIpc) is 3.63. The van der Waals surface area contributed by atoms with E-state index in [4.69, 9.17) is 16.3 Å². The minimum Gasteiger partial charge on any atom is -0.379 e. The van der Waals surface area contributed by atoms with Gasteiger partial charge in [0.15, 0.2) is 17.2 Å². The Hall–Kier alpha value is -3.93. The van der Waals surface area contributed by atoms with Crippen molar-refractivity contribution in [3.05, 3.63) is 40.2 Å². The number of ether oxygens (including phenoxy) is 1. The third-order valence-corrected chi connectivity index (χ3v) is 7.87. The fourth-order valence-corrected chi connectivity index (χ4v) is 5.37. The summed E-state index contributed by atoms with van der Waals surface area (Å²) in [6.07, 6.45) is 5.04. The molecule has 3 aliphatic rings. The fraction of sp³-hybridized carbons (Fsp3) is 0.462. The van der Waals surface area contributed by atoms with Gasteiger partial charge in [-0.1, -0.05) is 11.6 Å². The van der Waals surface area contributed by atoms with Gasteiger partial charge in [-0.25, -0.2) is 4.98 Å². The molecule has 2 aliphatic heterocycles. The van der Waals surface area contributed by atoms with Gasteiger partial charge in [-0.2, -0.15) is 20.0 Å². The number of imidazole rings is 1. The molecular formula is C26H26ClN9O2. The Balaban J connectivity index is 1.27. The minimum atomic E-state index is -0.419. The predicted molar refractivity (Wildman–Crippen MR) is 139 cm³/mol. The van der Waals surface area contributed by atoms with Crippen molar-refractivity contribution in [1.29, 1.82) is 10.5 Å². The molecule has 3 fully saturated rings. The Bertz CT molecular complexity index is 1510. The van der Waals surface area contributed by atoms with Crippen LogP contribution in [0.1, 0.15) is 55.3 Å². The number of fused-ring (bicyclic) bond motifs is 1. The van der Waals surface area contributed by atoms with Crippen molar-refractivity contribution in [2.75, 3.05) is 36.9 Å². The molecule has 194 valence electrons. The standard InChI is InChI=1S/C26H26ClN9O2/c1-26(13-38-14-26)24(37)35-6-4-16(5-7-35)19-8-15(10-28)9-20(21(19)27)32-25-33-22(31-17-2-3-17)23-30-12-18(11-29)36(23)34-25/h8-9,12,16-17H,2-7,13-14H2,1H3,(H2,31,32,33,34). The Morgan fingerprint density at radius 2 is 1.95 bits per heavy atom. The molecule has 2 N–H and O–H groups in total. The van der Waals surface area contributed by atoms with E-state index in [0.29, 0.717) is 60.1 Å². The number of aromatic nitrogens is 4. The zero-order valence-electron chi connectivity index (χ0n) is 20.9. The summed E-state index contributed by atoms with van der Waals surface area (Å²) < 4.78 is 6.71. The average molecular weight is 532 g/mol. The number of rotatable bonds is 6. The molecule has 38 heavy (non-hydrogen) atoms. The number of halogens is 1. The van der Waals surface area contributed by atoms with Crippen molar-refractivity contribution >= 4 is 40.6 Å². The summed E-state index contributed by atoms with van der Waals surface area (Å²) in [7, 11) is 0. The summed E-state index contributed by atoms with van der Waals surface area (Å²) in [6, 6.07) is 8.13. The van der Waals surface area contributed by atoms with Gasteiger partial charge in [0, 0.05) is 19.1 Å². The second kappa shape index (κ2) is 9.43. The highest BCUT2D eigenvalue weighted by Crippen LogP contribution is 2.40. The van der Waals surface area contributed by atoms with E-state index >= 15 is 0 Å². The predicted octanol–water partition coefficient (Wildman–Crippen LogP) is 3.58. The SMILES string of the molecule is CC1(C(=O)N2CCC(c3cc(C#N)cc(Nc4nc(NC5CC5)c5ncc(C#N)n5n4)c3Cl)CC2)COC1. The molecule has 0 spiro atoms. The first-order chi connectivity index (χ1) is 18.4. The van der Waals surface area contributed by atoms with Crippen LogP contribution in [0.3, 0.4) is 0 Å². The molecule has 2 aromatic heterocycles. The molecule has 2 saturated heterocycles. The Morgan fingerprint density at radius 3 is 2.58 bits per heavy atom. The van der Waals surface area contributed by atoms with Gasteiger partial charge in [-0.05, 0) is 56.2 Å². The van der Waals surface area contributed by atoms with Crippen LogP contribution in [-0.2, 0) is 9.53 Å². The van der Waals surface area contributed by atoms with Crippen molar-refractivity contribution in [2.45, 2.75) is 44.6 Å². The molecule has 3 aromatic rings. The number of nitrogens with zero attached hydrogens (tertiary/aromatic N) is 7. The molecule has 0 atom stereocenters. The first kappa shape index (κ1) is 24.4. The molecule has 0 bridgehead atoms. The molecule has 11 nitrogen and oxygen atoms in total. The van der Waals surface area contributed by atoms with Crippen LogP contribution in [0.5, 0.6) is 0 Å². The maximum absolute atomic E-state index is 12.9. The van der Waals surface area contributed by atoms with Crippen LogP contribution in [0.15, 0.2) is 18.3 Å². The topological polar surface area (TPSA) is 144 Å². The number of carbonyl (C=O) groups is 1. The van der Waals surface area contributed by atoms with Crippen molar-refractivity contribution < 1.29 is 9.53 Å². The van der Waals surface area contributed by atoms with Crippen LogP contribution in [0, 0.1) is 28.1 Å². The molecule has 1 saturated carbocycles. The zero-order valence-corrected chi connectivity index (χ0v) is 21.6. The van der Waals surface area contributed by atoms with Crippen LogP contribution >= 0.6 is 11.6 Å². The molecule has 0 unspecified atom stereocenters. The summed E-state index contributed by atoms with van der Waals surface area (Å²) in [4.78, 5) is 23.7. The first-order valence-electron chi connectivity index (χ1n) is 12.7. The minimum absolute atomic E-state index is 0.0974. The number of nitriles is 2. The van der Waals surface area contributed by atoms with E-state index in [2.05, 4.69) is 37.8 Å². The maximum Gasteiger partial charge on any atom is 0.247 e. The second-order valence-electron chi connectivity index (χ2n) is 10.5. The van der Waals surface area contributed by atoms with E-state index in [1.54, 1.807) is 6.07 Å². The third-order valence-electron chi connectivity index (χ3n) is 7.45. The lowest BCUT2D eigenvalue weighted by molar-refractivity contribution is -0.169. The lowest BCUT2D eigenvalue weighted by Crippen LogP contribution is -2.54. The largest absolute Gasteiger partial charge is 0.379 e. The number of benzene rings is 1. The number of likely N-dealkylation sites (tertiary alicyclic amines) is 1. The van der Waals surface area contributed by atoms with E-state index in [1.807, 2.05) is 17.9 Å². The van der Waals surface area contributed by atoms with Crippen molar-refractivity contribution in [3.8, 4) is 12.1 Å². The molecule has 6 rings (SSSR count). The van der Waals surface area contributed by atoms with Gasteiger partial charge in [0.25, 0.3) is 0 Å². The van der Waals surface area contributed by atoms with Gasteiger partial charge in [0.05, 0.1) is 47.2 Å². The smallest absolute Gasteiger partial charge is 0.247 e. The van der Waals surface area contributed by atoms with E-state index in [-0.39, 0.29) is 23.5 Å². The summed E-state index contributed by atoms with van der Waals surface area (Å²) in [6.45, 7) is 4.14. The monoisotopic (exact) mass is 531 g/mol. The molecule has 4 heterocycles. The summed E-state index contributed by atoms with van der Waals surface area (Å²) in [5, 5.41) is 30.7. The van der Waals surface area contributed by atoms with Crippen LogP contribution in [0.25, 0.3) is 5.65 Å². The fourth-order valence-electron chi connectivity index (χ4n) is 5.06. The van der Waals surface area contributed by atoms with Crippen molar-refractivity contribution in [3.63, 3.8) is 0 Å². The third kappa shape index (κ3) is 4.38. The van der Waals surface area contributed by atoms with Gasteiger partial charge in [0.1, 0.15) is 6.07 Å². The van der Waals surface area contributed by atoms with E-state index in [9.17, 15) is 15.3 Å². The van der Waals surface area contributed by atoms with Gasteiger partial charge in [0.2, 0.25) is 11.9 Å². The molecular weight excluding hydrogens is 506 g/mol. The Morgan fingerprint density at radius 1 is 1.18 bits per heavy atom. The van der Waals surface area contributed by atoms with Crippen LogP contribution < -0.4 is 10.6 Å². The quantitative estimate of drug-likeness (QED) is 0.487. The normalized spacial score (nSPS) is 18.9. The maximum atomic E-state index is 12.9. The number of amides is 1. The molecule has 1 aliphatic carbocycles. The van der Waals surface area contributed by atoms with Gasteiger partial charge < -0.3 is 20.3 Å². The summed E-state index contributed by atoms with van der Waals surface area (Å²) in [5.41, 5.74) is 2.16. The highest BCUT2D eigenvalue weighted by atomic mass is 35.5. The number of nitrogens with one attached hydrogen (secondary N) is 2. The summed E-state index contributed by atoms with van der Waals surface area (Å²) in [5.74, 6) is 0.998. The number of carbonyl (C=O) groups excluding carboxylic acids is 1. The van der Waals surface area contributed by atoms with Crippen LogP contribution in [0.2, 0.25) is 5.02 Å². The van der Waals surface area contributed by atoms with Crippen molar-refractivity contribution in [2.24, 2.45) is 5.41 Å². The highest BCUT2D eigenvalue weighted by molar-refractivity contribution is 6.34. The van der Waals surface area contributed by atoms with E-state index in [1.165, 1.54) is 10.7 Å². The number of hydrogen-bond donors (Lipinski definition) is 2. The van der Waals surface area contributed by atoms with Crippen LogP contribution in [-0.4, -0.2) is 62.7 Å². The van der Waals surface area contributed by atoms with Gasteiger partial charge in [-0.15, -0.1) is 5.10 Å². The van der Waals surface area contributed by atoms with Gasteiger partial charge >= 0.3 is 0 Å². The van der Waals surface area contributed by atoms with Crippen molar-refractivity contribution in [1.82, 2.24) is 24.5 Å². The van der Waals surface area contributed by atoms with Crippen LogP contribution in [0.4, 0.5) is 17.5 Å². The lowest BCUT2D eigenvalue weighted by atomic mass is 9.84. The Labute approximate surface area is 224 Å². The van der Waals surface area contributed by atoms with E-state index in [0.717, 1.165) is 31.2 Å². The van der Waals surface area contributed by atoms with E-state index < -0.39 is 5.41 Å². The molecule has 1 amide bonds.